The smallest absolute Gasteiger partial charge is 0.230 e. The summed E-state index contributed by atoms with van der Waals surface area (Å²) in [6.07, 6.45) is 1.67. The molecule has 0 radical (unpaired) electrons. The average molecular weight is 293 g/mol. The van der Waals surface area contributed by atoms with Crippen molar-refractivity contribution in [2.45, 2.75) is 39.3 Å². The van der Waals surface area contributed by atoms with E-state index < -0.39 is 0 Å². The average Bonchev–Trinajstić information content (AvgIpc) is 3.06. The number of hydrogen-bond acceptors (Lipinski definition) is 6. The Morgan fingerprint density at radius 3 is 2.62 bits per heavy atom. The van der Waals surface area contributed by atoms with E-state index in [0.29, 0.717) is 31.5 Å². The van der Waals surface area contributed by atoms with Crippen LogP contribution < -0.4 is 0 Å². The van der Waals surface area contributed by atoms with Crippen LogP contribution in [0.15, 0.2) is 27.2 Å². The molecule has 2 rings (SSSR count). The van der Waals surface area contributed by atoms with Crippen LogP contribution in [0.25, 0.3) is 0 Å². The Bertz CT molecular complexity index is 529. The van der Waals surface area contributed by atoms with Crippen LogP contribution in [-0.4, -0.2) is 35.4 Å². The molecule has 0 amide bonds. The zero-order valence-electron chi connectivity index (χ0n) is 13.1. The first kappa shape index (κ1) is 15.7. The summed E-state index contributed by atoms with van der Waals surface area (Å²) < 4.78 is 16.3. The summed E-state index contributed by atoms with van der Waals surface area (Å²) in [7, 11) is 1.69. The minimum Gasteiger partial charge on any atom is -0.468 e. The Kier molecular flexibility index (Phi) is 5.14. The van der Waals surface area contributed by atoms with Gasteiger partial charge in [0.05, 0.1) is 26.0 Å². The van der Waals surface area contributed by atoms with Crippen LogP contribution in [0.1, 0.15) is 38.3 Å². The van der Waals surface area contributed by atoms with Crippen molar-refractivity contribution in [1.82, 2.24) is 15.1 Å². The third kappa shape index (κ3) is 4.68. The minimum absolute atomic E-state index is 0.135. The molecular formula is C15H23N3O3. The highest BCUT2D eigenvalue weighted by molar-refractivity contribution is 4.99. The normalized spacial score (nSPS) is 12.2. The van der Waals surface area contributed by atoms with E-state index in [9.17, 15) is 0 Å². The monoisotopic (exact) mass is 293 g/mol. The van der Waals surface area contributed by atoms with Crippen molar-refractivity contribution in [3.05, 3.63) is 35.9 Å². The zero-order valence-corrected chi connectivity index (χ0v) is 13.1. The lowest BCUT2D eigenvalue weighted by Gasteiger charge is -2.18. The van der Waals surface area contributed by atoms with E-state index in [1.54, 1.807) is 13.4 Å². The number of hydrogen-bond donors (Lipinski definition) is 0. The van der Waals surface area contributed by atoms with E-state index in [0.717, 1.165) is 12.3 Å². The lowest BCUT2D eigenvalue weighted by molar-refractivity contribution is 0.127. The maximum atomic E-state index is 5.74. The molecule has 0 fully saturated rings. The molecule has 0 aliphatic carbocycles. The van der Waals surface area contributed by atoms with Crippen LogP contribution in [0.4, 0.5) is 0 Å². The number of rotatable bonds is 7. The van der Waals surface area contributed by atoms with E-state index in [2.05, 4.69) is 35.9 Å². The van der Waals surface area contributed by atoms with Crippen LogP contribution in [0, 0.1) is 0 Å². The summed E-state index contributed by atoms with van der Waals surface area (Å²) in [5, 5.41) is 8.25. The van der Waals surface area contributed by atoms with Gasteiger partial charge in [0.1, 0.15) is 5.76 Å². The molecule has 0 saturated heterocycles. The maximum absolute atomic E-state index is 5.74. The lowest BCUT2D eigenvalue weighted by atomic mass is 9.97. The van der Waals surface area contributed by atoms with Crippen LogP contribution in [0.3, 0.4) is 0 Å². The molecule has 0 N–H and O–H groups in total. The molecule has 2 aromatic heterocycles. The fourth-order valence-corrected chi connectivity index (χ4v) is 1.87. The Hall–Kier alpha value is -1.66. The first-order valence-corrected chi connectivity index (χ1v) is 7.05. The Morgan fingerprint density at radius 1 is 1.24 bits per heavy atom. The molecule has 0 aliphatic heterocycles. The fraction of sp³-hybridized carbons (Fsp3) is 0.600. The summed E-state index contributed by atoms with van der Waals surface area (Å²) in [5.74, 6) is 2.17. The van der Waals surface area contributed by atoms with Crippen LogP contribution in [-0.2, 0) is 23.2 Å². The summed E-state index contributed by atoms with van der Waals surface area (Å²) in [4.78, 5) is 2.16. The number of ether oxygens (including phenoxy) is 1. The molecule has 6 nitrogen and oxygen atoms in total. The van der Waals surface area contributed by atoms with E-state index in [1.165, 1.54) is 0 Å². The number of furan rings is 1. The van der Waals surface area contributed by atoms with Crippen LogP contribution in [0.5, 0.6) is 0 Å². The third-order valence-electron chi connectivity index (χ3n) is 3.04. The Balaban J connectivity index is 2.02. The van der Waals surface area contributed by atoms with Gasteiger partial charge in [-0.15, -0.1) is 10.2 Å². The molecule has 0 aliphatic rings. The predicted molar refractivity (Wildman–Crippen MR) is 77.7 cm³/mol. The van der Waals surface area contributed by atoms with Crippen molar-refractivity contribution in [2.24, 2.45) is 0 Å². The highest BCUT2D eigenvalue weighted by Crippen LogP contribution is 2.21. The molecule has 0 saturated carbocycles. The SMILES string of the molecule is COCCN(Cc1ccco1)Cc1nnc(C(C)(C)C)o1. The van der Waals surface area contributed by atoms with Gasteiger partial charge in [0, 0.05) is 19.1 Å². The summed E-state index contributed by atoms with van der Waals surface area (Å²) in [5.41, 5.74) is -0.135. The van der Waals surface area contributed by atoms with Crippen molar-refractivity contribution in [2.75, 3.05) is 20.3 Å². The van der Waals surface area contributed by atoms with Crippen LogP contribution in [0.2, 0.25) is 0 Å². The van der Waals surface area contributed by atoms with Gasteiger partial charge in [0.15, 0.2) is 0 Å². The Morgan fingerprint density at radius 2 is 2.05 bits per heavy atom. The molecule has 0 bridgehead atoms. The van der Waals surface area contributed by atoms with Gasteiger partial charge in [-0.2, -0.15) is 0 Å². The molecule has 6 heteroatoms. The van der Waals surface area contributed by atoms with E-state index >= 15 is 0 Å². The van der Waals surface area contributed by atoms with Crippen LogP contribution >= 0.6 is 0 Å². The van der Waals surface area contributed by atoms with Gasteiger partial charge in [0.2, 0.25) is 11.8 Å². The largest absolute Gasteiger partial charge is 0.468 e. The second kappa shape index (κ2) is 6.87. The van der Waals surface area contributed by atoms with E-state index in [4.69, 9.17) is 13.6 Å². The van der Waals surface area contributed by atoms with E-state index in [-0.39, 0.29) is 5.41 Å². The van der Waals surface area contributed by atoms with Crippen molar-refractivity contribution in [1.29, 1.82) is 0 Å². The topological polar surface area (TPSA) is 64.5 Å². The zero-order chi connectivity index (χ0) is 15.3. The number of aromatic nitrogens is 2. The van der Waals surface area contributed by atoms with Gasteiger partial charge in [-0.3, -0.25) is 4.90 Å². The molecule has 0 aromatic carbocycles. The summed E-state index contributed by atoms with van der Waals surface area (Å²) >= 11 is 0. The van der Waals surface area contributed by atoms with Crippen molar-refractivity contribution in [3.63, 3.8) is 0 Å². The number of methoxy groups -OCH3 is 1. The molecule has 116 valence electrons. The molecule has 0 atom stereocenters. The van der Waals surface area contributed by atoms with Gasteiger partial charge in [-0.1, -0.05) is 20.8 Å². The lowest BCUT2D eigenvalue weighted by Crippen LogP contribution is -2.26. The predicted octanol–water partition coefficient (Wildman–Crippen LogP) is 2.61. The standard InChI is InChI=1S/C15H23N3O3/c1-15(2,3)14-17-16-13(21-14)11-18(7-9-19-4)10-12-6-5-8-20-12/h5-6,8H,7,9-11H2,1-4H3. The molecular weight excluding hydrogens is 270 g/mol. The summed E-state index contributed by atoms with van der Waals surface area (Å²) in [6, 6.07) is 3.84. The number of nitrogens with zero attached hydrogens (tertiary/aromatic N) is 3. The Labute approximate surface area is 125 Å². The van der Waals surface area contributed by atoms with Gasteiger partial charge >= 0.3 is 0 Å². The van der Waals surface area contributed by atoms with Crippen molar-refractivity contribution in [3.8, 4) is 0 Å². The van der Waals surface area contributed by atoms with Gasteiger partial charge < -0.3 is 13.6 Å². The van der Waals surface area contributed by atoms with E-state index in [1.807, 2.05) is 12.1 Å². The van der Waals surface area contributed by atoms with Crippen molar-refractivity contribution < 1.29 is 13.6 Å². The maximum Gasteiger partial charge on any atom is 0.230 e. The first-order chi connectivity index (χ1) is 9.99. The fourth-order valence-electron chi connectivity index (χ4n) is 1.87. The summed E-state index contributed by atoms with van der Waals surface area (Å²) in [6.45, 7) is 8.82. The highest BCUT2D eigenvalue weighted by atomic mass is 16.5. The molecule has 2 aromatic rings. The quantitative estimate of drug-likeness (QED) is 0.782. The third-order valence-corrected chi connectivity index (χ3v) is 3.04. The molecule has 21 heavy (non-hydrogen) atoms. The second-order valence-electron chi connectivity index (χ2n) is 6.03. The molecule has 0 spiro atoms. The first-order valence-electron chi connectivity index (χ1n) is 7.05. The van der Waals surface area contributed by atoms with Crippen molar-refractivity contribution >= 4 is 0 Å². The van der Waals surface area contributed by atoms with Gasteiger partial charge in [-0.25, -0.2) is 0 Å². The molecule has 0 unspecified atom stereocenters. The second-order valence-corrected chi connectivity index (χ2v) is 6.03. The highest BCUT2D eigenvalue weighted by Gasteiger charge is 2.22. The minimum atomic E-state index is -0.135. The molecule has 2 heterocycles. The van der Waals surface area contributed by atoms with Gasteiger partial charge in [0.25, 0.3) is 0 Å². The van der Waals surface area contributed by atoms with Gasteiger partial charge in [-0.05, 0) is 12.1 Å².